The minimum absolute atomic E-state index is 0.0526. The van der Waals surface area contributed by atoms with Gasteiger partial charge in [0.15, 0.2) is 0 Å². The number of esters is 1. The zero-order valence-electron chi connectivity index (χ0n) is 14.1. The van der Waals surface area contributed by atoms with Crippen molar-refractivity contribution in [1.29, 1.82) is 0 Å². The zero-order chi connectivity index (χ0) is 17.7. The molecule has 0 aliphatic rings. The third-order valence-electron chi connectivity index (χ3n) is 3.57. The van der Waals surface area contributed by atoms with Gasteiger partial charge in [-0.25, -0.2) is 4.79 Å². The molecule has 0 spiro atoms. The van der Waals surface area contributed by atoms with Gasteiger partial charge >= 0.3 is 5.97 Å². The van der Waals surface area contributed by atoms with Gasteiger partial charge < -0.3 is 20.1 Å². The van der Waals surface area contributed by atoms with E-state index in [9.17, 15) is 9.59 Å². The highest BCUT2D eigenvalue weighted by atomic mass is 32.1. The van der Waals surface area contributed by atoms with E-state index in [2.05, 4.69) is 10.6 Å². The molecule has 0 saturated heterocycles. The van der Waals surface area contributed by atoms with Gasteiger partial charge in [0.25, 0.3) is 0 Å². The number of carbonyl (C=O) groups excluding carboxylic acids is 2. The van der Waals surface area contributed by atoms with E-state index in [-0.39, 0.29) is 12.5 Å². The van der Waals surface area contributed by atoms with Crippen molar-refractivity contribution in [2.45, 2.75) is 13.8 Å². The van der Waals surface area contributed by atoms with E-state index >= 15 is 0 Å². The van der Waals surface area contributed by atoms with Crippen LogP contribution in [0.1, 0.15) is 20.8 Å². The molecule has 0 bridgehead atoms. The van der Waals surface area contributed by atoms with E-state index < -0.39 is 5.97 Å². The number of hydrogen-bond donors (Lipinski definition) is 2. The van der Waals surface area contributed by atoms with Crippen LogP contribution < -0.4 is 15.4 Å². The van der Waals surface area contributed by atoms with Gasteiger partial charge in [0.05, 0.1) is 32.0 Å². The summed E-state index contributed by atoms with van der Waals surface area (Å²) in [6.45, 7) is 3.78. The summed E-state index contributed by atoms with van der Waals surface area (Å²) in [4.78, 5) is 25.1. The SMILES string of the molecule is COC(=O)c1c(NC(=O)CNc2ccccc2OC)sc(C)c1C. The molecule has 1 aromatic carbocycles. The number of para-hydroxylation sites is 2. The molecule has 0 atom stereocenters. The Labute approximate surface area is 144 Å². The Balaban J connectivity index is 2.08. The van der Waals surface area contributed by atoms with Crippen LogP contribution in [-0.2, 0) is 9.53 Å². The Bertz CT molecular complexity index is 755. The first-order valence-corrected chi connectivity index (χ1v) is 8.14. The van der Waals surface area contributed by atoms with Crippen molar-refractivity contribution in [3.8, 4) is 5.75 Å². The highest BCUT2D eigenvalue weighted by Crippen LogP contribution is 2.33. The van der Waals surface area contributed by atoms with Crippen molar-refractivity contribution >= 4 is 33.9 Å². The monoisotopic (exact) mass is 348 g/mol. The van der Waals surface area contributed by atoms with E-state index in [4.69, 9.17) is 9.47 Å². The van der Waals surface area contributed by atoms with E-state index in [1.165, 1.54) is 18.4 Å². The average molecular weight is 348 g/mol. The number of aryl methyl sites for hydroxylation is 1. The summed E-state index contributed by atoms with van der Waals surface area (Å²) in [6.07, 6.45) is 0. The Kier molecular flexibility index (Phi) is 5.81. The lowest BCUT2D eigenvalue weighted by Crippen LogP contribution is -2.22. The van der Waals surface area contributed by atoms with E-state index in [0.717, 1.165) is 16.1 Å². The molecule has 128 valence electrons. The summed E-state index contributed by atoms with van der Waals surface area (Å²) in [5, 5.41) is 6.29. The maximum atomic E-state index is 12.2. The Hall–Kier alpha value is -2.54. The number of nitrogens with one attached hydrogen (secondary N) is 2. The Morgan fingerprint density at radius 3 is 2.54 bits per heavy atom. The van der Waals surface area contributed by atoms with Crippen LogP contribution in [0.15, 0.2) is 24.3 Å². The number of anilines is 2. The third-order valence-corrected chi connectivity index (χ3v) is 4.70. The number of methoxy groups -OCH3 is 2. The molecule has 6 nitrogen and oxygen atoms in total. The van der Waals surface area contributed by atoms with Crippen molar-refractivity contribution in [1.82, 2.24) is 0 Å². The number of rotatable bonds is 6. The summed E-state index contributed by atoms with van der Waals surface area (Å²) in [6, 6.07) is 7.33. The summed E-state index contributed by atoms with van der Waals surface area (Å²) < 4.78 is 10.0. The lowest BCUT2D eigenvalue weighted by atomic mass is 10.1. The van der Waals surface area contributed by atoms with E-state index in [1.54, 1.807) is 7.11 Å². The van der Waals surface area contributed by atoms with Crippen LogP contribution in [0.4, 0.5) is 10.7 Å². The van der Waals surface area contributed by atoms with Crippen molar-refractivity contribution in [3.05, 3.63) is 40.3 Å². The van der Waals surface area contributed by atoms with Gasteiger partial charge in [-0.2, -0.15) is 0 Å². The number of hydrogen-bond acceptors (Lipinski definition) is 6. The second kappa shape index (κ2) is 7.83. The van der Waals surface area contributed by atoms with Crippen LogP contribution in [-0.4, -0.2) is 32.6 Å². The quantitative estimate of drug-likeness (QED) is 0.784. The fourth-order valence-electron chi connectivity index (χ4n) is 2.20. The molecule has 0 aliphatic carbocycles. The third kappa shape index (κ3) is 3.86. The minimum Gasteiger partial charge on any atom is -0.495 e. The smallest absolute Gasteiger partial charge is 0.341 e. The van der Waals surface area contributed by atoms with Crippen molar-refractivity contribution in [3.63, 3.8) is 0 Å². The number of thiophene rings is 1. The number of benzene rings is 1. The fraction of sp³-hybridized carbons (Fsp3) is 0.294. The van der Waals surface area contributed by atoms with Crippen molar-refractivity contribution in [2.24, 2.45) is 0 Å². The first kappa shape index (κ1) is 17.8. The molecule has 2 aromatic rings. The summed E-state index contributed by atoms with van der Waals surface area (Å²) in [5.74, 6) is -0.0551. The molecule has 1 aromatic heterocycles. The fourth-order valence-corrected chi connectivity index (χ4v) is 3.26. The first-order valence-electron chi connectivity index (χ1n) is 7.33. The topological polar surface area (TPSA) is 76.7 Å². The minimum atomic E-state index is -0.454. The highest BCUT2D eigenvalue weighted by molar-refractivity contribution is 7.16. The predicted molar refractivity (Wildman–Crippen MR) is 95.2 cm³/mol. The number of amides is 1. The molecule has 1 heterocycles. The van der Waals surface area contributed by atoms with Crippen molar-refractivity contribution < 1.29 is 19.1 Å². The van der Waals surface area contributed by atoms with Gasteiger partial charge in [0.1, 0.15) is 10.8 Å². The second-order valence-corrected chi connectivity index (χ2v) is 6.31. The van der Waals surface area contributed by atoms with Crippen LogP contribution in [0.3, 0.4) is 0 Å². The van der Waals surface area contributed by atoms with Crippen LogP contribution in [0.2, 0.25) is 0 Å². The van der Waals surface area contributed by atoms with Crippen LogP contribution in [0, 0.1) is 13.8 Å². The van der Waals surface area contributed by atoms with Crippen LogP contribution in [0.5, 0.6) is 5.75 Å². The molecule has 0 saturated carbocycles. The average Bonchev–Trinajstić information content (AvgIpc) is 2.86. The molecule has 0 radical (unpaired) electrons. The highest BCUT2D eigenvalue weighted by Gasteiger charge is 2.21. The number of carbonyl (C=O) groups is 2. The maximum absolute atomic E-state index is 12.2. The molecule has 1 amide bonds. The lowest BCUT2D eigenvalue weighted by molar-refractivity contribution is -0.114. The maximum Gasteiger partial charge on any atom is 0.341 e. The predicted octanol–water partition coefficient (Wildman–Crippen LogP) is 3.21. The Morgan fingerprint density at radius 1 is 1.17 bits per heavy atom. The molecule has 2 N–H and O–H groups in total. The molecule has 2 rings (SSSR count). The molecular weight excluding hydrogens is 328 g/mol. The van der Waals surface area contributed by atoms with E-state index in [0.29, 0.717) is 16.3 Å². The van der Waals surface area contributed by atoms with Crippen molar-refractivity contribution in [2.75, 3.05) is 31.4 Å². The van der Waals surface area contributed by atoms with Gasteiger partial charge in [-0.05, 0) is 31.5 Å². The standard InChI is InChI=1S/C17H20N2O4S/c1-10-11(2)24-16(15(10)17(21)23-4)19-14(20)9-18-12-7-5-6-8-13(12)22-3/h5-8,18H,9H2,1-4H3,(H,19,20). The van der Waals surface area contributed by atoms with E-state index in [1.807, 2.05) is 38.1 Å². The number of ether oxygens (including phenoxy) is 2. The first-order chi connectivity index (χ1) is 11.5. The van der Waals surface area contributed by atoms with Gasteiger partial charge in [0, 0.05) is 4.88 Å². The van der Waals surface area contributed by atoms with Crippen LogP contribution >= 0.6 is 11.3 Å². The Morgan fingerprint density at radius 2 is 1.88 bits per heavy atom. The molecular formula is C17H20N2O4S. The molecule has 0 aliphatic heterocycles. The van der Waals surface area contributed by atoms with Gasteiger partial charge in [0.2, 0.25) is 5.91 Å². The second-order valence-electron chi connectivity index (χ2n) is 5.08. The van der Waals surface area contributed by atoms with Gasteiger partial charge in [-0.3, -0.25) is 4.79 Å². The molecule has 0 unspecified atom stereocenters. The summed E-state index contributed by atoms with van der Waals surface area (Å²) >= 11 is 1.36. The molecule has 0 fully saturated rings. The van der Waals surface area contributed by atoms with Gasteiger partial charge in [-0.15, -0.1) is 11.3 Å². The summed E-state index contributed by atoms with van der Waals surface area (Å²) in [5.41, 5.74) is 1.95. The van der Waals surface area contributed by atoms with Crippen LogP contribution in [0.25, 0.3) is 0 Å². The lowest BCUT2D eigenvalue weighted by Gasteiger charge is -2.11. The molecule has 24 heavy (non-hydrogen) atoms. The largest absolute Gasteiger partial charge is 0.495 e. The zero-order valence-corrected chi connectivity index (χ0v) is 14.9. The summed E-state index contributed by atoms with van der Waals surface area (Å²) in [7, 11) is 2.89. The van der Waals surface area contributed by atoms with Gasteiger partial charge in [-0.1, -0.05) is 12.1 Å². The molecule has 7 heteroatoms. The normalized spacial score (nSPS) is 10.2.